The number of thiophene rings is 1. The molecule has 0 aliphatic carbocycles. The molecule has 20 heavy (non-hydrogen) atoms. The summed E-state index contributed by atoms with van der Waals surface area (Å²) < 4.78 is 5.28. The van der Waals surface area contributed by atoms with Crippen LogP contribution in [-0.4, -0.2) is 43.4 Å². The number of likely N-dealkylation sites (tertiary alicyclic amines) is 1. The van der Waals surface area contributed by atoms with Crippen molar-refractivity contribution in [3.8, 4) is 11.8 Å². The first-order chi connectivity index (χ1) is 9.81. The van der Waals surface area contributed by atoms with Crippen molar-refractivity contribution >= 4 is 11.3 Å². The Morgan fingerprint density at radius 2 is 2.45 bits per heavy atom. The van der Waals surface area contributed by atoms with Gasteiger partial charge in [0, 0.05) is 42.4 Å². The highest BCUT2D eigenvalue weighted by Gasteiger charge is 2.20. The van der Waals surface area contributed by atoms with E-state index in [1.807, 2.05) is 0 Å². The van der Waals surface area contributed by atoms with Crippen molar-refractivity contribution in [2.45, 2.75) is 25.8 Å². The zero-order valence-corrected chi connectivity index (χ0v) is 12.9. The van der Waals surface area contributed by atoms with Crippen LogP contribution in [0.1, 0.15) is 29.7 Å². The van der Waals surface area contributed by atoms with Crippen LogP contribution in [0.15, 0.2) is 11.4 Å². The van der Waals surface area contributed by atoms with Gasteiger partial charge < -0.3 is 9.84 Å². The predicted molar refractivity (Wildman–Crippen MR) is 82.8 cm³/mol. The first-order valence-electron chi connectivity index (χ1n) is 7.20. The number of aliphatic hydroxyl groups excluding tert-OH is 1. The van der Waals surface area contributed by atoms with Gasteiger partial charge in [0.15, 0.2) is 0 Å². The SMILES string of the molecule is COCC1CCCN(Cc2cc(C#CCCO)cs2)C1. The minimum atomic E-state index is 0.138. The smallest absolute Gasteiger partial charge is 0.0540 e. The van der Waals surface area contributed by atoms with Gasteiger partial charge in [-0.25, -0.2) is 0 Å². The zero-order valence-electron chi connectivity index (χ0n) is 12.1. The van der Waals surface area contributed by atoms with Crippen molar-refractivity contribution in [2.24, 2.45) is 5.92 Å². The summed E-state index contributed by atoms with van der Waals surface area (Å²) in [6.07, 6.45) is 3.10. The van der Waals surface area contributed by atoms with E-state index in [1.165, 1.54) is 24.3 Å². The van der Waals surface area contributed by atoms with Crippen LogP contribution in [0.2, 0.25) is 0 Å². The van der Waals surface area contributed by atoms with Gasteiger partial charge in [-0.15, -0.1) is 11.3 Å². The Hall–Kier alpha value is -0.860. The Labute approximate surface area is 125 Å². The van der Waals surface area contributed by atoms with Crippen LogP contribution < -0.4 is 0 Å². The van der Waals surface area contributed by atoms with Crippen molar-refractivity contribution in [1.29, 1.82) is 0 Å². The summed E-state index contributed by atoms with van der Waals surface area (Å²) in [6, 6.07) is 2.18. The average molecular weight is 293 g/mol. The molecule has 1 aromatic heterocycles. The highest BCUT2D eigenvalue weighted by Crippen LogP contribution is 2.21. The number of rotatable bonds is 5. The van der Waals surface area contributed by atoms with Crippen LogP contribution in [-0.2, 0) is 11.3 Å². The van der Waals surface area contributed by atoms with E-state index in [1.54, 1.807) is 18.4 Å². The Kier molecular flexibility index (Phi) is 6.55. The van der Waals surface area contributed by atoms with Crippen LogP contribution in [0.3, 0.4) is 0 Å². The zero-order chi connectivity index (χ0) is 14.2. The molecule has 0 radical (unpaired) electrons. The molecular formula is C16H23NO2S. The fourth-order valence-electron chi connectivity index (χ4n) is 2.64. The van der Waals surface area contributed by atoms with Gasteiger partial charge in [-0.2, -0.15) is 0 Å². The Balaban J connectivity index is 1.85. The molecule has 1 unspecified atom stereocenters. The number of hydrogen-bond donors (Lipinski definition) is 1. The summed E-state index contributed by atoms with van der Waals surface area (Å²) in [5, 5.41) is 10.8. The molecule has 2 heterocycles. The second-order valence-corrected chi connectivity index (χ2v) is 6.27. The number of methoxy groups -OCH3 is 1. The van der Waals surface area contributed by atoms with E-state index in [0.717, 1.165) is 25.3 Å². The monoisotopic (exact) mass is 293 g/mol. The molecule has 0 bridgehead atoms. The lowest BCUT2D eigenvalue weighted by atomic mass is 9.99. The molecule has 1 saturated heterocycles. The fraction of sp³-hybridized carbons (Fsp3) is 0.625. The topological polar surface area (TPSA) is 32.7 Å². The number of ether oxygens (including phenoxy) is 1. The van der Waals surface area contributed by atoms with E-state index in [9.17, 15) is 0 Å². The van der Waals surface area contributed by atoms with Gasteiger partial charge in [0.25, 0.3) is 0 Å². The molecule has 0 saturated carbocycles. The van der Waals surface area contributed by atoms with Gasteiger partial charge in [0.05, 0.1) is 13.2 Å². The molecule has 0 amide bonds. The van der Waals surface area contributed by atoms with Crippen LogP contribution >= 0.6 is 11.3 Å². The lowest BCUT2D eigenvalue weighted by molar-refractivity contribution is 0.0878. The molecule has 3 nitrogen and oxygen atoms in total. The molecule has 1 aromatic rings. The number of hydrogen-bond acceptors (Lipinski definition) is 4. The van der Waals surface area contributed by atoms with Gasteiger partial charge >= 0.3 is 0 Å². The van der Waals surface area contributed by atoms with Crippen molar-refractivity contribution in [1.82, 2.24) is 4.90 Å². The second-order valence-electron chi connectivity index (χ2n) is 5.28. The first-order valence-corrected chi connectivity index (χ1v) is 8.08. The van der Waals surface area contributed by atoms with Crippen molar-refractivity contribution in [2.75, 3.05) is 33.4 Å². The third kappa shape index (κ3) is 4.92. The van der Waals surface area contributed by atoms with Crippen molar-refractivity contribution < 1.29 is 9.84 Å². The summed E-state index contributed by atoms with van der Waals surface area (Å²) >= 11 is 1.78. The number of piperidine rings is 1. The van der Waals surface area contributed by atoms with Gasteiger partial charge in [0.1, 0.15) is 0 Å². The lowest BCUT2D eigenvalue weighted by Crippen LogP contribution is -2.36. The maximum absolute atomic E-state index is 8.72. The highest BCUT2D eigenvalue weighted by atomic mass is 32.1. The largest absolute Gasteiger partial charge is 0.395 e. The van der Waals surface area contributed by atoms with Gasteiger partial charge in [-0.3, -0.25) is 4.90 Å². The molecule has 1 fully saturated rings. The summed E-state index contributed by atoms with van der Waals surface area (Å²) in [5.74, 6) is 6.74. The molecule has 1 N–H and O–H groups in total. The van der Waals surface area contributed by atoms with E-state index >= 15 is 0 Å². The molecule has 1 atom stereocenters. The maximum Gasteiger partial charge on any atom is 0.0540 e. The molecule has 0 aromatic carbocycles. The molecule has 110 valence electrons. The number of nitrogens with zero attached hydrogens (tertiary/aromatic N) is 1. The molecule has 2 rings (SSSR count). The molecule has 1 aliphatic heterocycles. The number of aliphatic hydroxyl groups is 1. The van der Waals surface area contributed by atoms with E-state index in [2.05, 4.69) is 28.2 Å². The lowest BCUT2D eigenvalue weighted by Gasteiger charge is -2.31. The first kappa shape index (κ1) is 15.5. The van der Waals surface area contributed by atoms with Crippen molar-refractivity contribution in [3.05, 3.63) is 21.9 Å². The fourth-order valence-corrected chi connectivity index (χ4v) is 3.49. The van der Waals surface area contributed by atoms with E-state index in [-0.39, 0.29) is 6.61 Å². The summed E-state index contributed by atoms with van der Waals surface area (Å²) in [5.41, 5.74) is 1.07. The van der Waals surface area contributed by atoms with Crippen LogP contribution in [0.4, 0.5) is 0 Å². The van der Waals surface area contributed by atoms with E-state index in [4.69, 9.17) is 9.84 Å². The molecule has 0 spiro atoms. The van der Waals surface area contributed by atoms with E-state index < -0.39 is 0 Å². The van der Waals surface area contributed by atoms with Crippen LogP contribution in [0, 0.1) is 17.8 Å². The standard InChI is InChI=1S/C16H23NO2S/c1-19-12-15-6-4-7-17(10-15)11-16-9-14(13-20-16)5-2-3-8-18/h9,13,15,18H,3-4,6-8,10-12H2,1H3. The van der Waals surface area contributed by atoms with E-state index in [0.29, 0.717) is 12.3 Å². The normalized spacial score (nSPS) is 19.6. The van der Waals surface area contributed by atoms with Crippen LogP contribution in [0.25, 0.3) is 0 Å². The molecule has 4 heteroatoms. The average Bonchev–Trinajstić information content (AvgIpc) is 2.87. The molecule has 1 aliphatic rings. The minimum Gasteiger partial charge on any atom is -0.395 e. The Morgan fingerprint density at radius 1 is 1.55 bits per heavy atom. The highest BCUT2D eigenvalue weighted by molar-refractivity contribution is 7.10. The third-order valence-corrected chi connectivity index (χ3v) is 4.43. The summed E-state index contributed by atoms with van der Waals surface area (Å²) in [7, 11) is 1.79. The predicted octanol–water partition coefficient (Wildman–Crippen LogP) is 2.34. The van der Waals surface area contributed by atoms with Gasteiger partial charge in [-0.05, 0) is 31.4 Å². The van der Waals surface area contributed by atoms with Crippen molar-refractivity contribution in [3.63, 3.8) is 0 Å². The van der Waals surface area contributed by atoms with Gasteiger partial charge in [0.2, 0.25) is 0 Å². The third-order valence-electron chi connectivity index (χ3n) is 3.51. The quantitative estimate of drug-likeness (QED) is 0.846. The minimum absolute atomic E-state index is 0.138. The maximum atomic E-state index is 8.72. The summed E-state index contributed by atoms with van der Waals surface area (Å²) in [6.45, 7) is 4.35. The Bertz CT molecular complexity index is 459. The Morgan fingerprint density at radius 3 is 3.25 bits per heavy atom. The van der Waals surface area contributed by atoms with Gasteiger partial charge in [-0.1, -0.05) is 11.8 Å². The summed E-state index contributed by atoms with van der Waals surface area (Å²) in [4.78, 5) is 3.89. The second kappa shape index (κ2) is 8.43. The molecular weight excluding hydrogens is 270 g/mol. The van der Waals surface area contributed by atoms with Crippen LogP contribution in [0.5, 0.6) is 0 Å².